The highest BCUT2D eigenvalue weighted by Gasteiger charge is 2.30. The normalized spacial score (nSPS) is 12.7. The van der Waals surface area contributed by atoms with E-state index < -0.39 is 40.7 Å². The van der Waals surface area contributed by atoms with Crippen LogP contribution in [0.5, 0.6) is 0 Å². The van der Waals surface area contributed by atoms with Gasteiger partial charge in [-0.15, -0.1) is 11.3 Å². The van der Waals surface area contributed by atoms with Crippen molar-refractivity contribution in [2.75, 3.05) is 6.54 Å². The first kappa shape index (κ1) is 15.8. The molecule has 0 saturated heterocycles. The number of aromatic nitrogens is 1. The first-order valence-electron chi connectivity index (χ1n) is 6.09. The standard InChI is InChI=1S/C13H11F5N2S/c1-2-20-7(3-6-4-19-5-21-6)8-9(14)11(16)13(18)12(17)10(8)15/h4-5,7,20H,2-3H2,1H3. The summed E-state index contributed by atoms with van der Waals surface area (Å²) < 4.78 is 67.3. The van der Waals surface area contributed by atoms with Gasteiger partial charge in [0.1, 0.15) is 0 Å². The van der Waals surface area contributed by atoms with Crippen LogP contribution in [0.15, 0.2) is 11.7 Å². The van der Waals surface area contributed by atoms with Crippen molar-refractivity contribution < 1.29 is 22.0 Å². The van der Waals surface area contributed by atoms with E-state index in [1.165, 1.54) is 23.0 Å². The van der Waals surface area contributed by atoms with Crippen LogP contribution in [0.25, 0.3) is 0 Å². The summed E-state index contributed by atoms with van der Waals surface area (Å²) in [6.45, 7) is 1.98. The summed E-state index contributed by atoms with van der Waals surface area (Å²) in [5.74, 6) is -9.63. The van der Waals surface area contributed by atoms with Gasteiger partial charge >= 0.3 is 0 Å². The van der Waals surface area contributed by atoms with E-state index in [-0.39, 0.29) is 6.42 Å². The van der Waals surface area contributed by atoms with Crippen molar-refractivity contribution in [1.29, 1.82) is 0 Å². The van der Waals surface area contributed by atoms with Crippen molar-refractivity contribution in [3.8, 4) is 0 Å². The van der Waals surface area contributed by atoms with E-state index in [1.54, 1.807) is 6.92 Å². The van der Waals surface area contributed by atoms with Gasteiger partial charge in [0, 0.05) is 29.1 Å². The molecule has 0 saturated carbocycles. The van der Waals surface area contributed by atoms with E-state index >= 15 is 0 Å². The maximum atomic E-state index is 13.8. The van der Waals surface area contributed by atoms with Gasteiger partial charge < -0.3 is 5.32 Å². The zero-order chi connectivity index (χ0) is 15.6. The monoisotopic (exact) mass is 322 g/mol. The average molecular weight is 322 g/mol. The molecule has 21 heavy (non-hydrogen) atoms. The fraction of sp³-hybridized carbons (Fsp3) is 0.308. The summed E-state index contributed by atoms with van der Waals surface area (Å²) in [4.78, 5) is 4.49. The second-order valence-electron chi connectivity index (χ2n) is 4.27. The van der Waals surface area contributed by atoms with Gasteiger partial charge in [0.2, 0.25) is 5.82 Å². The fourth-order valence-electron chi connectivity index (χ4n) is 1.99. The number of rotatable bonds is 5. The van der Waals surface area contributed by atoms with Crippen LogP contribution >= 0.6 is 11.3 Å². The molecule has 0 fully saturated rings. The molecule has 1 unspecified atom stereocenters. The molecule has 0 spiro atoms. The predicted molar refractivity (Wildman–Crippen MR) is 68.5 cm³/mol. The molecule has 2 rings (SSSR count). The largest absolute Gasteiger partial charge is 0.310 e. The van der Waals surface area contributed by atoms with Gasteiger partial charge in [-0.25, -0.2) is 22.0 Å². The van der Waals surface area contributed by atoms with Crippen molar-refractivity contribution in [3.05, 3.63) is 51.2 Å². The number of likely N-dealkylation sites (N-methyl/N-ethyl adjacent to an activating group) is 1. The molecule has 0 radical (unpaired) electrons. The van der Waals surface area contributed by atoms with E-state index in [0.29, 0.717) is 11.4 Å². The second kappa shape index (κ2) is 6.48. The highest BCUT2D eigenvalue weighted by Crippen LogP contribution is 2.30. The van der Waals surface area contributed by atoms with Gasteiger partial charge in [0.05, 0.1) is 5.51 Å². The third-order valence-corrected chi connectivity index (χ3v) is 3.73. The van der Waals surface area contributed by atoms with E-state index in [9.17, 15) is 22.0 Å². The van der Waals surface area contributed by atoms with Gasteiger partial charge in [-0.3, -0.25) is 4.98 Å². The molecule has 1 aromatic carbocycles. The average Bonchev–Trinajstić information content (AvgIpc) is 2.96. The second-order valence-corrected chi connectivity index (χ2v) is 5.24. The molecule has 1 N–H and O–H groups in total. The SMILES string of the molecule is CCNC(Cc1cncs1)c1c(F)c(F)c(F)c(F)c1F. The van der Waals surface area contributed by atoms with Gasteiger partial charge in [-0.05, 0) is 6.54 Å². The van der Waals surface area contributed by atoms with Gasteiger partial charge in [-0.1, -0.05) is 6.92 Å². The van der Waals surface area contributed by atoms with Crippen LogP contribution in [0.3, 0.4) is 0 Å². The Balaban J connectivity index is 2.49. The molecular weight excluding hydrogens is 311 g/mol. The van der Waals surface area contributed by atoms with E-state index in [1.807, 2.05) is 0 Å². The van der Waals surface area contributed by atoms with Gasteiger partial charge in [0.15, 0.2) is 23.3 Å². The maximum Gasteiger partial charge on any atom is 0.200 e. The third-order valence-electron chi connectivity index (χ3n) is 2.93. The number of hydrogen-bond acceptors (Lipinski definition) is 3. The van der Waals surface area contributed by atoms with Crippen LogP contribution < -0.4 is 5.32 Å². The molecule has 2 nitrogen and oxygen atoms in total. The summed E-state index contributed by atoms with van der Waals surface area (Å²) in [6, 6.07) is -1.03. The van der Waals surface area contributed by atoms with Crippen LogP contribution in [-0.2, 0) is 6.42 Å². The minimum atomic E-state index is -2.15. The molecule has 8 heteroatoms. The highest BCUT2D eigenvalue weighted by atomic mass is 32.1. The lowest BCUT2D eigenvalue weighted by molar-refractivity contribution is 0.356. The van der Waals surface area contributed by atoms with Crippen molar-refractivity contribution >= 4 is 11.3 Å². The molecular formula is C13H11F5N2S. The lowest BCUT2D eigenvalue weighted by Crippen LogP contribution is -2.26. The summed E-state index contributed by atoms with van der Waals surface area (Å²) in [6.07, 6.45) is 1.57. The van der Waals surface area contributed by atoms with Gasteiger partial charge in [0.25, 0.3) is 0 Å². The van der Waals surface area contributed by atoms with Crippen molar-refractivity contribution in [2.45, 2.75) is 19.4 Å². The molecule has 2 aromatic rings. The summed E-state index contributed by atoms with van der Waals surface area (Å²) >= 11 is 1.24. The topological polar surface area (TPSA) is 24.9 Å². The number of halogens is 5. The fourth-order valence-corrected chi connectivity index (χ4v) is 2.64. The van der Waals surface area contributed by atoms with Crippen LogP contribution in [0.2, 0.25) is 0 Å². The van der Waals surface area contributed by atoms with E-state index in [2.05, 4.69) is 10.3 Å². The first-order chi connectivity index (χ1) is 9.97. The molecule has 114 valence electrons. The zero-order valence-corrected chi connectivity index (χ0v) is 11.7. The molecule has 0 aliphatic heterocycles. The molecule has 1 heterocycles. The van der Waals surface area contributed by atoms with Crippen LogP contribution in [0, 0.1) is 29.1 Å². The Morgan fingerprint density at radius 1 is 1.05 bits per heavy atom. The minimum absolute atomic E-state index is 0.0802. The third kappa shape index (κ3) is 3.06. The van der Waals surface area contributed by atoms with Crippen LogP contribution in [-0.4, -0.2) is 11.5 Å². The number of nitrogens with zero attached hydrogens (tertiary/aromatic N) is 1. The van der Waals surface area contributed by atoms with Crippen LogP contribution in [0.1, 0.15) is 23.4 Å². The number of hydrogen-bond donors (Lipinski definition) is 1. The molecule has 0 aliphatic carbocycles. The summed E-state index contributed by atoms with van der Waals surface area (Å²) in [5, 5.41) is 2.74. The summed E-state index contributed by atoms with van der Waals surface area (Å²) in [7, 11) is 0. The van der Waals surface area contributed by atoms with Gasteiger partial charge in [-0.2, -0.15) is 0 Å². The van der Waals surface area contributed by atoms with Crippen molar-refractivity contribution in [3.63, 3.8) is 0 Å². The van der Waals surface area contributed by atoms with Crippen LogP contribution in [0.4, 0.5) is 22.0 Å². The Kier molecular flexibility index (Phi) is 4.89. The Bertz CT molecular complexity index is 601. The molecule has 0 aliphatic rings. The Hall–Kier alpha value is -1.54. The Labute approximate surface area is 121 Å². The smallest absolute Gasteiger partial charge is 0.200 e. The molecule has 1 aromatic heterocycles. The first-order valence-corrected chi connectivity index (χ1v) is 6.97. The number of nitrogens with one attached hydrogen (secondary N) is 1. The van der Waals surface area contributed by atoms with E-state index in [0.717, 1.165) is 0 Å². The molecule has 0 bridgehead atoms. The maximum absolute atomic E-state index is 13.8. The minimum Gasteiger partial charge on any atom is -0.310 e. The number of thiazole rings is 1. The Morgan fingerprint density at radius 2 is 1.62 bits per heavy atom. The molecule has 0 amide bonds. The zero-order valence-electron chi connectivity index (χ0n) is 10.9. The van der Waals surface area contributed by atoms with E-state index in [4.69, 9.17) is 0 Å². The number of benzene rings is 1. The predicted octanol–water partition coefficient (Wildman–Crippen LogP) is 3.73. The lowest BCUT2D eigenvalue weighted by Gasteiger charge is -2.19. The lowest BCUT2D eigenvalue weighted by atomic mass is 10.0. The Morgan fingerprint density at radius 3 is 2.10 bits per heavy atom. The van der Waals surface area contributed by atoms with Crippen molar-refractivity contribution in [2.24, 2.45) is 0 Å². The quantitative estimate of drug-likeness (QED) is 0.515. The van der Waals surface area contributed by atoms with Crippen molar-refractivity contribution in [1.82, 2.24) is 10.3 Å². The summed E-state index contributed by atoms with van der Waals surface area (Å²) in [5.41, 5.74) is 0.679. The highest BCUT2D eigenvalue weighted by molar-refractivity contribution is 7.09. The molecule has 1 atom stereocenters.